The molecule has 0 fully saturated rings. The molecule has 0 saturated carbocycles. The monoisotopic (exact) mass is 495 g/mol. The third kappa shape index (κ3) is 3.69. The van der Waals surface area contributed by atoms with Crippen molar-refractivity contribution in [3.05, 3.63) is 99.3 Å². The van der Waals surface area contributed by atoms with Gasteiger partial charge in [-0.15, -0.1) is 10.2 Å². The zero-order chi connectivity index (χ0) is 24.8. The fourth-order valence-corrected chi connectivity index (χ4v) is 5.90. The van der Waals surface area contributed by atoms with Gasteiger partial charge in [0.2, 0.25) is 11.7 Å². The summed E-state index contributed by atoms with van der Waals surface area (Å²) in [7, 11) is 0. The second kappa shape index (κ2) is 8.95. The summed E-state index contributed by atoms with van der Waals surface area (Å²) >= 11 is 1.36. The maximum Gasteiger partial charge on any atom is 0.267 e. The third-order valence-corrected chi connectivity index (χ3v) is 7.78. The summed E-state index contributed by atoms with van der Waals surface area (Å²) in [6, 6.07) is 21.7. The van der Waals surface area contributed by atoms with Crippen molar-refractivity contribution in [3.8, 4) is 5.69 Å². The van der Waals surface area contributed by atoms with Gasteiger partial charge in [-0.3, -0.25) is 14.0 Å². The highest BCUT2D eigenvalue weighted by molar-refractivity contribution is 7.99. The number of aromatic nitrogens is 4. The van der Waals surface area contributed by atoms with Gasteiger partial charge in [-0.1, -0.05) is 66.4 Å². The van der Waals surface area contributed by atoms with Crippen LogP contribution in [-0.2, 0) is 17.8 Å². The van der Waals surface area contributed by atoms with Crippen molar-refractivity contribution in [2.24, 2.45) is 0 Å². The van der Waals surface area contributed by atoms with Crippen LogP contribution in [0.4, 0.5) is 0 Å². The number of fused-ring (bicyclic) bond motifs is 4. The molecule has 0 atom stereocenters. The first-order chi connectivity index (χ1) is 17.5. The molecule has 8 heteroatoms. The molecule has 6 rings (SSSR count). The lowest BCUT2D eigenvalue weighted by Crippen LogP contribution is -2.37. The van der Waals surface area contributed by atoms with E-state index >= 15 is 0 Å². The largest absolute Gasteiger partial charge is 0.337 e. The molecule has 0 aliphatic carbocycles. The number of hydrogen-bond donors (Lipinski definition) is 0. The standard InChI is InChI=1S/C28H25N5O2S/c1-18-8-7-9-19(2)25(18)33-26(35)22-12-5-6-13-23(22)32-27(33)29-30-28(32)36-17-24(34)31-15-14-20-10-3-4-11-21(20)16-31/h3-13H,14-17H2,1-2H3. The number of hydrogen-bond acceptors (Lipinski definition) is 5. The summed E-state index contributed by atoms with van der Waals surface area (Å²) in [6.07, 6.45) is 0.868. The van der Waals surface area contributed by atoms with Gasteiger partial charge in [-0.05, 0) is 54.7 Å². The molecule has 1 aliphatic heterocycles. The van der Waals surface area contributed by atoms with Crippen molar-refractivity contribution < 1.29 is 4.79 Å². The van der Waals surface area contributed by atoms with Crippen LogP contribution in [0.5, 0.6) is 0 Å². The first-order valence-corrected chi connectivity index (χ1v) is 12.9. The Morgan fingerprint density at radius 2 is 1.64 bits per heavy atom. The Morgan fingerprint density at radius 3 is 2.44 bits per heavy atom. The molecular formula is C28H25N5O2S. The molecule has 0 spiro atoms. The van der Waals surface area contributed by atoms with E-state index in [0.29, 0.717) is 29.4 Å². The van der Waals surface area contributed by atoms with E-state index in [1.54, 1.807) is 4.57 Å². The van der Waals surface area contributed by atoms with E-state index < -0.39 is 0 Å². The van der Waals surface area contributed by atoms with Gasteiger partial charge in [-0.25, -0.2) is 4.57 Å². The number of carbonyl (C=O) groups is 1. The maximum absolute atomic E-state index is 13.6. The predicted octanol–water partition coefficient (Wildman–Crippen LogP) is 4.33. The molecular weight excluding hydrogens is 470 g/mol. The first-order valence-electron chi connectivity index (χ1n) is 12.0. The van der Waals surface area contributed by atoms with E-state index in [2.05, 4.69) is 22.3 Å². The van der Waals surface area contributed by atoms with Crippen LogP contribution < -0.4 is 5.56 Å². The third-order valence-electron chi connectivity index (χ3n) is 6.87. The molecule has 0 unspecified atom stereocenters. The van der Waals surface area contributed by atoms with Crippen molar-refractivity contribution in [1.29, 1.82) is 0 Å². The van der Waals surface area contributed by atoms with Crippen LogP contribution in [0.3, 0.4) is 0 Å². The SMILES string of the molecule is Cc1cccc(C)c1-n1c(=O)c2ccccc2n2c(SCC(=O)N3CCc4ccccc4C3)nnc12. The lowest BCUT2D eigenvalue weighted by Gasteiger charge is -2.28. The smallest absolute Gasteiger partial charge is 0.267 e. The van der Waals surface area contributed by atoms with Gasteiger partial charge in [0.05, 0.1) is 22.3 Å². The molecule has 0 bridgehead atoms. The van der Waals surface area contributed by atoms with Gasteiger partial charge in [0.1, 0.15) is 0 Å². The van der Waals surface area contributed by atoms with Crippen LogP contribution in [-0.4, -0.2) is 42.3 Å². The Hall–Kier alpha value is -3.91. The maximum atomic E-state index is 13.6. The van der Waals surface area contributed by atoms with E-state index in [1.165, 1.54) is 22.9 Å². The molecule has 5 aromatic rings. The lowest BCUT2D eigenvalue weighted by atomic mass is 10.00. The van der Waals surface area contributed by atoms with Crippen molar-refractivity contribution >= 4 is 34.3 Å². The Morgan fingerprint density at radius 1 is 0.917 bits per heavy atom. The summed E-state index contributed by atoms with van der Waals surface area (Å²) in [4.78, 5) is 28.7. The highest BCUT2D eigenvalue weighted by Gasteiger charge is 2.23. The van der Waals surface area contributed by atoms with Crippen molar-refractivity contribution in [2.45, 2.75) is 32.0 Å². The molecule has 0 N–H and O–H groups in total. The van der Waals surface area contributed by atoms with Gasteiger partial charge in [0.25, 0.3) is 5.56 Å². The number of para-hydroxylation sites is 2. The number of nitrogens with zero attached hydrogens (tertiary/aromatic N) is 5. The van der Waals surface area contributed by atoms with Crippen molar-refractivity contribution in [2.75, 3.05) is 12.3 Å². The van der Waals surface area contributed by atoms with Gasteiger partial charge in [-0.2, -0.15) is 0 Å². The van der Waals surface area contributed by atoms with Crippen LogP contribution in [0, 0.1) is 13.8 Å². The minimum Gasteiger partial charge on any atom is -0.337 e. The van der Waals surface area contributed by atoms with Gasteiger partial charge >= 0.3 is 0 Å². The highest BCUT2D eigenvalue weighted by Crippen LogP contribution is 2.26. The molecule has 3 heterocycles. The van der Waals surface area contributed by atoms with Crippen LogP contribution in [0.15, 0.2) is 76.7 Å². The molecule has 3 aromatic carbocycles. The lowest BCUT2D eigenvalue weighted by molar-refractivity contribution is -0.129. The number of benzene rings is 3. The van der Waals surface area contributed by atoms with Crippen LogP contribution in [0.1, 0.15) is 22.3 Å². The normalized spacial score (nSPS) is 13.3. The minimum atomic E-state index is -0.137. The number of rotatable bonds is 4. The summed E-state index contributed by atoms with van der Waals surface area (Å²) in [6.45, 7) is 5.32. The summed E-state index contributed by atoms with van der Waals surface area (Å²) < 4.78 is 3.54. The predicted molar refractivity (Wildman–Crippen MR) is 142 cm³/mol. The zero-order valence-corrected chi connectivity index (χ0v) is 21.0. The second-order valence-corrected chi connectivity index (χ2v) is 10.1. The molecule has 0 radical (unpaired) electrons. The Balaban J connectivity index is 1.39. The van der Waals surface area contributed by atoms with Crippen LogP contribution >= 0.6 is 11.8 Å². The number of amides is 1. The number of aryl methyl sites for hydroxylation is 2. The fraction of sp³-hybridized carbons (Fsp3) is 0.214. The fourth-order valence-electron chi connectivity index (χ4n) is 5.06. The van der Waals surface area contributed by atoms with E-state index in [-0.39, 0.29) is 17.2 Å². The second-order valence-electron chi connectivity index (χ2n) is 9.14. The molecule has 180 valence electrons. The Kier molecular flexibility index (Phi) is 5.60. The zero-order valence-electron chi connectivity index (χ0n) is 20.1. The summed E-state index contributed by atoms with van der Waals surface area (Å²) in [5.74, 6) is 0.761. The van der Waals surface area contributed by atoms with E-state index in [1.807, 2.05) is 77.7 Å². The van der Waals surface area contributed by atoms with E-state index in [0.717, 1.165) is 28.8 Å². The molecule has 7 nitrogen and oxygen atoms in total. The Bertz CT molecular complexity index is 1680. The van der Waals surface area contributed by atoms with Gasteiger partial charge in [0.15, 0.2) is 5.16 Å². The van der Waals surface area contributed by atoms with E-state index in [4.69, 9.17) is 0 Å². The molecule has 0 saturated heterocycles. The minimum absolute atomic E-state index is 0.0682. The molecule has 36 heavy (non-hydrogen) atoms. The van der Waals surface area contributed by atoms with Crippen molar-refractivity contribution in [3.63, 3.8) is 0 Å². The average molecular weight is 496 g/mol. The summed E-state index contributed by atoms with van der Waals surface area (Å²) in [5.41, 5.74) is 5.88. The van der Waals surface area contributed by atoms with Crippen LogP contribution in [0.25, 0.3) is 22.4 Å². The topological polar surface area (TPSA) is 72.5 Å². The first kappa shape index (κ1) is 22.5. The average Bonchev–Trinajstić information content (AvgIpc) is 3.32. The van der Waals surface area contributed by atoms with Crippen LogP contribution in [0.2, 0.25) is 0 Å². The van der Waals surface area contributed by atoms with Crippen molar-refractivity contribution in [1.82, 2.24) is 24.1 Å². The Labute approximate surface area is 212 Å². The quantitative estimate of drug-likeness (QED) is 0.347. The molecule has 1 aliphatic rings. The van der Waals surface area contributed by atoms with Gasteiger partial charge in [0, 0.05) is 13.1 Å². The summed E-state index contributed by atoms with van der Waals surface area (Å²) in [5, 5.41) is 10.0. The number of carbonyl (C=O) groups excluding carboxylic acids is 1. The molecule has 1 amide bonds. The molecule has 2 aromatic heterocycles. The highest BCUT2D eigenvalue weighted by atomic mass is 32.2. The number of thioether (sulfide) groups is 1. The van der Waals surface area contributed by atoms with E-state index in [9.17, 15) is 9.59 Å². The van der Waals surface area contributed by atoms with Gasteiger partial charge < -0.3 is 4.90 Å².